The molecule has 0 aromatic carbocycles. The normalized spacial score (nSPS) is 29.9. The summed E-state index contributed by atoms with van der Waals surface area (Å²) >= 11 is 0. The maximum Gasteiger partial charge on any atom is 0.310 e. The maximum atomic E-state index is 11.5. The Bertz CT molecular complexity index is 287. The second-order valence-electron chi connectivity index (χ2n) is 3.52. The summed E-state index contributed by atoms with van der Waals surface area (Å²) in [5.74, 6) is -3.17. The Morgan fingerprint density at radius 1 is 1.53 bits per heavy atom. The van der Waals surface area contributed by atoms with Crippen molar-refractivity contribution in [1.82, 2.24) is 5.32 Å². The van der Waals surface area contributed by atoms with Crippen molar-refractivity contribution in [3.63, 3.8) is 0 Å². The van der Waals surface area contributed by atoms with Gasteiger partial charge >= 0.3 is 5.97 Å². The SMILES string of the molecule is CCNC(=O)C1CC=CC(O)C1C(=O)O. The van der Waals surface area contributed by atoms with Gasteiger partial charge in [-0.2, -0.15) is 0 Å². The van der Waals surface area contributed by atoms with Crippen LogP contribution in [0.1, 0.15) is 13.3 Å². The van der Waals surface area contributed by atoms with Crippen LogP contribution in [0.15, 0.2) is 12.2 Å². The smallest absolute Gasteiger partial charge is 0.310 e. The lowest BCUT2D eigenvalue weighted by Crippen LogP contribution is -2.44. The summed E-state index contributed by atoms with van der Waals surface area (Å²) in [6.45, 7) is 2.23. The van der Waals surface area contributed by atoms with E-state index < -0.39 is 23.9 Å². The van der Waals surface area contributed by atoms with Gasteiger partial charge in [0.2, 0.25) is 5.91 Å². The summed E-state index contributed by atoms with van der Waals surface area (Å²) in [7, 11) is 0. The Morgan fingerprint density at radius 2 is 2.20 bits per heavy atom. The molecule has 84 valence electrons. The van der Waals surface area contributed by atoms with E-state index in [1.807, 2.05) is 0 Å². The standard InChI is InChI=1S/C10H15NO4/c1-2-11-9(13)6-4-3-5-7(12)8(6)10(14)15/h3,5-8,12H,2,4H2,1H3,(H,11,13)(H,14,15). The highest BCUT2D eigenvalue weighted by Gasteiger charge is 2.39. The van der Waals surface area contributed by atoms with Crippen LogP contribution in [0, 0.1) is 11.8 Å². The third-order valence-corrected chi connectivity index (χ3v) is 2.50. The lowest BCUT2D eigenvalue weighted by molar-refractivity contribution is -0.151. The number of rotatable bonds is 3. The molecule has 0 saturated carbocycles. The predicted molar refractivity (Wildman–Crippen MR) is 53.1 cm³/mol. The Kier molecular flexibility index (Phi) is 3.85. The number of hydrogen-bond donors (Lipinski definition) is 3. The van der Waals surface area contributed by atoms with E-state index >= 15 is 0 Å². The Balaban J connectivity index is 2.81. The van der Waals surface area contributed by atoms with Gasteiger partial charge < -0.3 is 15.5 Å². The lowest BCUT2D eigenvalue weighted by atomic mass is 9.80. The molecule has 0 saturated heterocycles. The molecule has 0 fully saturated rings. The van der Waals surface area contributed by atoms with Gasteiger partial charge in [0.15, 0.2) is 0 Å². The van der Waals surface area contributed by atoms with Gasteiger partial charge in [0.1, 0.15) is 0 Å². The number of hydrogen-bond acceptors (Lipinski definition) is 3. The molecule has 0 aliphatic heterocycles. The third kappa shape index (κ3) is 2.56. The highest BCUT2D eigenvalue weighted by atomic mass is 16.4. The molecule has 15 heavy (non-hydrogen) atoms. The largest absolute Gasteiger partial charge is 0.481 e. The zero-order valence-electron chi connectivity index (χ0n) is 8.51. The Hall–Kier alpha value is -1.36. The van der Waals surface area contributed by atoms with E-state index in [0.717, 1.165) is 0 Å². The zero-order chi connectivity index (χ0) is 11.4. The first-order chi connectivity index (χ1) is 7.07. The predicted octanol–water partition coefficient (Wildman–Crippen LogP) is -0.240. The summed E-state index contributed by atoms with van der Waals surface area (Å²) < 4.78 is 0. The maximum absolute atomic E-state index is 11.5. The van der Waals surface area contributed by atoms with Gasteiger partial charge in [0.05, 0.1) is 17.9 Å². The number of allylic oxidation sites excluding steroid dienone is 1. The molecule has 5 heteroatoms. The number of carboxylic acids is 1. The van der Waals surface area contributed by atoms with E-state index in [1.54, 1.807) is 13.0 Å². The first-order valence-electron chi connectivity index (χ1n) is 4.93. The van der Waals surface area contributed by atoms with E-state index in [2.05, 4.69) is 5.32 Å². The third-order valence-electron chi connectivity index (χ3n) is 2.50. The van der Waals surface area contributed by atoms with Gasteiger partial charge in [-0.05, 0) is 13.3 Å². The van der Waals surface area contributed by atoms with Crippen LogP contribution in [-0.2, 0) is 9.59 Å². The molecule has 3 N–H and O–H groups in total. The quantitative estimate of drug-likeness (QED) is 0.565. The van der Waals surface area contributed by atoms with E-state index in [9.17, 15) is 14.7 Å². The van der Waals surface area contributed by atoms with Gasteiger partial charge in [-0.3, -0.25) is 9.59 Å². The second-order valence-corrected chi connectivity index (χ2v) is 3.52. The molecule has 5 nitrogen and oxygen atoms in total. The minimum Gasteiger partial charge on any atom is -0.481 e. The topological polar surface area (TPSA) is 86.6 Å². The van der Waals surface area contributed by atoms with E-state index in [4.69, 9.17) is 5.11 Å². The van der Waals surface area contributed by atoms with Gasteiger partial charge in [-0.15, -0.1) is 0 Å². The lowest BCUT2D eigenvalue weighted by Gasteiger charge is -2.27. The van der Waals surface area contributed by atoms with E-state index in [-0.39, 0.29) is 5.91 Å². The van der Waals surface area contributed by atoms with Crippen LogP contribution >= 0.6 is 0 Å². The van der Waals surface area contributed by atoms with Crippen molar-refractivity contribution in [1.29, 1.82) is 0 Å². The molecule has 0 aromatic rings. The molecular formula is C10H15NO4. The number of carboxylic acid groups (broad SMARTS) is 1. The Morgan fingerprint density at radius 3 is 2.73 bits per heavy atom. The summed E-state index contributed by atoms with van der Waals surface area (Å²) in [4.78, 5) is 22.4. The molecular weight excluding hydrogens is 198 g/mol. The first-order valence-corrected chi connectivity index (χ1v) is 4.93. The fourth-order valence-electron chi connectivity index (χ4n) is 1.76. The van der Waals surface area contributed by atoms with Crippen molar-refractivity contribution in [3.8, 4) is 0 Å². The molecule has 3 unspecified atom stereocenters. The van der Waals surface area contributed by atoms with Crippen molar-refractivity contribution in [2.75, 3.05) is 6.54 Å². The summed E-state index contributed by atoms with van der Waals surface area (Å²) in [5.41, 5.74) is 0. The fourth-order valence-corrected chi connectivity index (χ4v) is 1.76. The van der Waals surface area contributed by atoms with E-state index in [1.165, 1.54) is 6.08 Å². The average molecular weight is 213 g/mol. The second kappa shape index (κ2) is 4.93. The van der Waals surface area contributed by atoms with Gasteiger partial charge in [-0.25, -0.2) is 0 Å². The first kappa shape index (κ1) is 11.7. The number of amides is 1. The molecule has 0 aromatic heterocycles. The molecule has 1 aliphatic rings. The number of aliphatic hydroxyl groups is 1. The van der Waals surface area contributed by atoms with Crippen LogP contribution in [-0.4, -0.2) is 34.7 Å². The highest BCUT2D eigenvalue weighted by molar-refractivity contribution is 5.85. The molecule has 1 aliphatic carbocycles. The molecule has 0 heterocycles. The molecule has 3 atom stereocenters. The average Bonchev–Trinajstić information content (AvgIpc) is 2.17. The van der Waals surface area contributed by atoms with Crippen molar-refractivity contribution < 1.29 is 19.8 Å². The van der Waals surface area contributed by atoms with Crippen molar-refractivity contribution in [3.05, 3.63) is 12.2 Å². The summed E-state index contributed by atoms with van der Waals surface area (Å²) in [6.07, 6.45) is 2.35. The summed E-state index contributed by atoms with van der Waals surface area (Å²) in [5, 5.41) is 21.0. The van der Waals surface area contributed by atoms with Gasteiger partial charge in [0.25, 0.3) is 0 Å². The number of carbonyl (C=O) groups is 2. The number of aliphatic carboxylic acids is 1. The number of aliphatic hydroxyl groups excluding tert-OH is 1. The van der Waals surface area contributed by atoms with Crippen LogP contribution < -0.4 is 5.32 Å². The molecule has 0 spiro atoms. The van der Waals surface area contributed by atoms with Crippen LogP contribution in [0.4, 0.5) is 0 Å². The van der Waals surface area contributed by atoms with Gasteiger partial charge in [0, 0.05) is 6.54 Å². The number of carbonyl (C=O) groups excluding carboxylic acids is 1. The van der Waals surface area contributed by atoms with Gasteiger partial charge in [-0.1, -0.05) is 12.2 Å². The monoisotopic (exact) mass is 213 g/mol. The minimum absolute atomic E-state index is 0.312. The van der Waals surface area contributed by atoms with Crippen molar-refractivity contribution in [2.24, 2.45) is 11.8 Å². The molecule has 1 amide bonds. The van der Waals surface area contributed by atoms with Crippen LogP contribution in [0.5, 0.6) is 0 Å². The van der Waals surface area contributed by atoms with Crippen LogP contribution in [0.2, 0.25) is 0 Å². The highest BCUT2D eigenvalue weighted by Crippen LogP contribution is 2.26. The fraction of sp³-hybridized carbons (Fsp3) is 0.600. The van der Waals surface area contributed by atoms with Crippen molar-refractivity contribution in [2.45, 2.75) is 19.4 Å². The Labute approximate surface area is 87.8 Å². The molecule has 1 rings (SSSR count). The zero-order valence-corrected chi connectivity index (χ0v) is 8.51. The summed E-state index contributed by atoms with van der Waals surface area (Å²) in [6, 6.07) is 0. The van der Waals surface area contributed by atoms with Crippen molar-refractivity contribution >= 4 is 11.9 Å². The van der Waals surface area contributed by atoms with E-state index in [0.29, 0.717) is 13.0 Å². The number of nitrogens with one attached hydrogen (secondary N) is 1. The van der Waals surface area contributed by atoms with Crippen LogP contribution in [0.25, 0.3) is 0 Å². The molecule has 0 bridgehead atoms. The molecule has 0 radical (unpaired) electrons. The minimum atomic E-state index is -1.14. The van der Waals surface area contributed by atoms with Crippen LogP contribution in [0.3, 0.4) is 0 Å².